The van der Waals surface area contributed by atoms with Crippen LogP contribution in [-0.4, -0.2) is 32.3 Å². The summed E-state index contributed by atoms with van der Waals surface area (Å²) in [6.45, 7) is 4.73. The zero-order chi connectivity index (χ0) is 18.5. The van der Waals surface area contributed by atoms with Gasteiger partial charge in [0.25, 0.3) is 0 Å². The van der Waals surface area contributed by atoms with Crippen LogP contribution in [0.1, 0.15) is 23.5 Å². The molecule has 3 heterocycles. The van der Waals surface area contributed by atoms with Gasteiger partial charge in [0, 0.05) is 47.7 Å². The quantitative estimate of drug-likeness (QED) is 0.701. The number of piperidine rings is 1. The van der Waals surface area contributed by atoms with Crippen molar-refractivity contribution < 1.29 is 4.74 Å². The lowest BCUT2D eigenvalue weighted by molar-refractivity contribution is 0.130. The SMILES string of the molecule is c1ccc2cc(Nc3cc4c5c(c3)[C@@H]3CNCC[C@@H]3N5CCOC4)ccc2c1. The standard InChI is InChI=1S/C24H25N3O/c1-2-4-17-11-19(6-5-16(17)3-1)26-20-12-18-15-28-10-9-27-23-7-8-25-14-22(23)21(13-20)24(18)27/h1-6,11-13,22-23,25-26H,7-10,14-15H2/t22-,23-/m0/s1. The Kier molecular flexibility index (Phi) is 3.81. The number of nitrogens with zero attached hydrogens (tertiary/aromatic N) is 1. The Labute approximate surface area is 165 Å². The van der Waals surface area contributed by atoms with Crippen molar-refractivity contribution in [3.8, 4) is 0 Å². The fourth-order valence-corrected chi connectivity index (χ4v) is 5.29. The summed E-state index contributed by atoms with van der Waals surface area (Å²) < 4.78 is 5.94. The summed E-state index contributed by atoms with van der Waals surface area (Å²) >= 11 is 0. The molecule has 2 N–H and O–H groups in total. The summed E-state index contributed by atoms with van der Waals surface area (Å²) in [5, 5.41) is 9.80. The Hall–Kier alpha value is -2.56. The lowest BCUT2D eigenvalue weighted by Gasteiger charge is -2.33. The van der Waals surface area contributed by atoms with Crippen molar-refractivity contribution in [3.05, 3.63) is 65.7 Å². The minimum atomic E-state index is 0.582. The van der Waals surface area contributed by atoms with Crippen LogP contribution in [-0.2, 0) is 11.3 Å². The molecule has 4 heteroatoms. The van der Waals surface area contributed by atoms with Gasteiger partial charge in [-0.2, -0.15) is 0 Å². The predicted molar refractivity (Wildman–Crippen MR) is 115 cm³/mol. The first-order chi connectivity index (χ1) is 13.9. The number of nitrogens with one attached hydrogen (secondary N) is 2. The van der Waals surface area contributed by atoms with Crippen LogP contribution in [0.2, 0.25) is 0 Å². The van der Waals surface area contributed by atoms with Crippen LogP contribution in [0.4, 0.5) is 17.1 Å². The minimum Gasteiger partial charge on any atom is -0.375 e. The Bertz CT molecular complexity index is 1050. The normalized spacial score (nSPS) is 23.2. The fraction of sp³-hybridized carbons (Fsp3) is 0.333. The van der Waals surface area contributed by atoms with Crippen molar-refractivity contribution in [2.75, 3.05) is 36.5 Å². The maximum atomic E-state index is 5.94. The molecule has 0 bridgehead atoms. The molecule has 0 spiro atoms. The van der Waals surface area contributed by atoms with Gasteiger partial charge in [-0.25, -0.2) is 0 Å². The van der Waals surface area contributed by atoms with E-state index in [1.807, 2.05) is 0 Å². The lowest BCUT2D eigenvalue weighted by Crippen LogP contribution is -2.44. The molecule has 0 amide bonds. The first-order valence-corrected chi connectivity index (χ1v) is 10.3. The van der Waals surface area contributed by atoms with E-state index in [0.717, 1.165) is 31.9 Å². The van der Waals surface area contributed by atoms with Crippen molar-refractivity contribution in [2.45, 2.75) is 25.0 Å². The molecule has 0 radical (unpaired) electrons. The van der Waals surface area contributed by atoms with Crippen molar-refractivity contribution in [1.29, 1.82) is 0 Å². The van der Waals surface area contributed by atoms with Crippen molar-refractivity contribution >= 4 is 27.8 Å². The number of ether oxygens (including phenoxy) is 1. The summed E-state index contributed by atoms with van der Waals surface area (Å²) in [4.78, 5) is 2.63. The van der Waals surface area contributed by atoms with Crippen LogP contribution in [0.5, 0.6) is 0 Å². The van der Waals surface area contributed by atoms with Gasteiger partial charge in [-0.1, -0.05) is 30.3 Å². The van der Waals surface area contributed by atoms with E-state index in [2.05, 4.69) is 70.1 Å². The van der Waals surface area contributed by atoms with E-state index in [9.17, 15) is 0 Å². The molecule has 3 aromatic rings. The second kappa shape index (κ2) is 6.50. The van der Waals surface area contributed by atoms with Crippen molar-refractivity contribution in [1.82, 2.24) is 5.32 Å². The molecule has 3 aliphatic rings. The third kappa shape index (κ3) is 2.60. The lowest BCUT2D eigenvalue weighted by atomic mass is 9.89. The Balaban J connectivity index is 1.41. The van der Waals surface area contributed by atoms with Gasteiger partial charge in [0.1, 0.15) is 0 Å². The van der Waals surface area contributed by atoms with E-state index >= 15 is 0 Å². The minimum absolute atomic E-state index is 0.582. The number of hydrogen-bond donors (Lipinski definition) is 2. The van der Waals surface area contributed by atoms with Crippen LogP contribution in [0.15, 0.2) is 54.6 Å². The molecule has 3 aliphatic heterocycles. The highest BCUT2D eigenvalue weighted by atomic mass is 16.5. The van der Waals surface area contributed by atoms with Crippen LogP contribution < -0.4 is 15.5 Å². The second-order valence-electron chi connectivity index (χ2n) is 8.17. The average molecular weight is 371 g/mol. The molecule has 0 aromatic heterocycles. The molecule has 1 fully saturated rings. The average Bonchev–Trinajstić information content (AvgIpc) is 2.89. The highest BCUT2D eigenvalue weighted by Crippen LogP contribution is 2.47. The second-order valence-corrected chi connectivity index (χ2v) is 8.17. The maximum absolute atomic E-state index is 5.94. The van der Waals surface area contributed by atoms with Gasteiger partial charge >= 0.3 is 0 Å². The predicted octanol–water partition coefficient (Wildman–Crippen LogP) is 4.38. The topological polar surface area (TPSA) is 36.5 Å². The van der Waals surface area contributed by atoms with Gasteiger partial charge in [-0.15, -0.1) is 0 Å². The van der Waals surface area contributed by atoms with Gasteiger partial charge in [0.15, 0.2) is 0 Å². The highest BCUT2D eigenvalue weighted by molar-refractivity contribution is 5.86. The van der Waals surface area contributed by atoms with Gasteiger partial charge < -0.3 is 20.3 Å². The molecule has 28 heavy (non-hydrogen) atoms. The molecular formula is C24H25N3O. The molecule has 4 nitrogen and oxygen atoms in total. The number of fused-ring (bicyclic) bond motifs is 4. The van der Waals surface area contributed by atoms with E-state index in [4.69, 9.17) is 4.74 Å². The van der Waals surface area contributed by atoms with E-state index in [1.54, 1.807) is 0 Å². The maximum Gasteiger partial charge on any atom is 0.0738 e. The third-order valence-electron chi connectivity index (χ3n) is 6.52. The van der Waals surface area contributed by atoms with E-state index in [0.29, 0.717) is 18.6 Å². The number of anilines is 3. The Morgan fingerprint density at radius 3 is 2.89 bits per heavy atom. The molecule has 0 saturated carbocycles. The summed E-state index contributed by atoms with van der Waals surface area (Å²) in [5.74, 6) is 0.582. The summed E-state index contributed by atoms with van der Waals surface area (Å²) in [6, 6.07) is 20.4. The molecule has 3 aromatic carbocycles. The van der Waals surface area contributed by atoms with Crippen molar-refractivity contribution in [3.63, 3.8) is 0 Å². The zero-order valence-electron chi connectivity index (χ0n) is 15.9. The Morgan fingerprint density at radius 1 is 1.00 bits per heavy atom. The number of benzene rings is 3. The van der Waals surface area contributed by atoms with Crippen LogP contribution in [0.3, 0.4) is 0 Å². The van der Waals surface area contributed by atoms with E-state index < -0.39 is 0 Å². The summed E-state index contributed by atoms with van der Waals surface area (Å²) in [6.07, 6.45) is 1.21. The monoisotopic (exact) mass is 371 g/mol. The smallest absolute Gasteiger partial charge is 0.0738 e. The van der Waals surface area contributed by atoms with Gasteiger partial charge in [-0.3, -0.25) is 0 Å². The van der Waals surface area contributed by atoms with Gasteiger partial charge in [0.2, 0.25) is 0 Å². The van der Waals surface area contributed by atoms with Crippen LogP contribution in [0, 0.1) is 0 Å². The third-order valence-corrected chi connectivity index (χ3v) is 6.52. The molecule has 1 saturated heterocycles. The summed E-state index contributed by atoms with van der Waals surface area (Å²) in [7, 11) is 0. The van der Waals surface area contributed by atoms with Crippen molar-refractivity contribution in [2.24, 2.45) is 0 Å². The molecule has 6 rings (SSSR count). The van der Waals surface area contributed by atoms with Crippen LogP contribution >= 0.6 is 0 Å². The molecular weight excluding hydrogens is 346 g/mol. The number of rotatable bonds is 2. The molecule has 0 unspecified atom stereocenters. The highest BCUT2D eigenvalue weighted by Gasteiger charge is 2.41. The van der Waals surface area contributed by atoms with Gasteiger partial charge in [-0.05, 0) is 53.6 Å². The zero-order valence-corrected chi connectivity index (χ0v) is 15.9. The first kappa shape index (κ1) is 16.4. The summed E-state index contributed by atoms with van der Waals surface area (Å²) in [5.41, 5.74) is 6.56. The molecule has 142 valence electrons. The fourth-order valence-electron chi connectivity index (χ4n) is 5.29. The van der Waals surface area contributed by atoms with Gasteiger partial charge in [0.05, 0.1) is 13.2 Å². The largest absolute Gasteiger partial charge is 0.375 e. The van der Waals surface area contributed by atoms with E-state index in [-0.39, 0.29) is 0 Å². The van der Waals surface area contributed by atoms with Crippen LogP contribution in [0.25, 0.3) is 10.8 Å². The first-order valence-electron chi connectivity index (χ1n) is 10.3. The Morgan fingerprint density at radius 2 is 1.93 bits per heavy atom. The molecule has 0 aliphatic carbocycles. The van der Waals surface area contributed by atoms with E-state index in [1.165, 1.54) is 39.7 Å². The number of hydrogen-bond acceptors (Lipinski definition) is 4. The molecule has 2 atom stereocenters.